The van der Waals surface area contributed by atoms with Crippen LogP contribution in [0.3, 0.4) is 0 Å². The van der Waals surface area contributed by atoms with Crippen molar-refractivity contribution in [3.8, 4) is 0 Å². The molecule has 0 unspecified atom stereocenters. The van der Waals surface area contributed by atoms with E-state index in [1.807, 2.05) is 19.9 Å². The Kier molecular flexibility index (Phi) is 3.60. The monoisotopic (exact) mass is 269 g/mol. The van der Waals surface area contributed by atoms with Crippen LogP contribution in [0.4, 0.5) is 5.69 Å². The van der Waals surface area contributed by atoms with E-state index < -0.39 is 0 Å². The fourth-order valence-electron chi connectivity index (χ4n) is 1.67. The number of hydrogen-bond donors (Lipinski definition) is 2. The Bertz CT molecular complexity index is 515. The molecule has 0 radical (unpaired) electrons. The number of nitrogens with one attached hydrogen (secondary N) is 2. The summed E-state index contributed by atoms with van der Waals surface area (Å²) in [7, 11) is 0. The Morgan fingerprint density at radius 1 is 1.29 bits per heavy atom. The van der Waals surface area contributed by atoms with E-state index >= 15 is 0 Å². The molecule has 0 aliphatic carbocycles. The molecule has 0 amide bonds. The predicted molar refractivity (Wildman–Crippen MR) is 71.9 cm³/mol. The van der Waals surface area contributed by atoms with Crippen LogP contribution in [0.2, 0.25) is 10.0 Å². The number of rotatable bonds is 3. The van der Waals surface area contributed by atoms with Gasteiger partial charge in [0.2, 0.25) is 0 Å². The first-order valence-corrected chi connectivity index (χ1v) is 6.03. The normalized spacial score (nSPS) is 10.6. The topological polar surface area (TPSA) is 40.7 Å². The molecule has 1 aromatic carbocycles. The Hall–Kier alpha value is -1.19. The van der Waals surface area contributed by atoms with E-state index in [0.29, 0.717) is 16.6 Å². The summed E-state index contributed by atoms with van der Waals surface area (Å²) in [4.78, 5) is 0. The zero-order valence-corrected chi connectivity index (χ0v) is 11.2. The number of aromatic amines is 1. The van der Waals surface area contributed by atoms with Crippen LogP contribution in [0.25, 0.3) is 0 Å². The smallest absolute Gasteiger partial charge is 0.0825 e. The number of H-pyrrole nitrogens is 1. The molecule has 0 aliphatic rings. The molecule has 2 rings (SSSR count). The van der Waals surface area contributed by atoms with Crippen molar-refractivity contribution in [1.82, 2.24) is 10.2 Å². The number of aromatic nitrogens is 2. The summed E-state index contributed by atoms with van der Waals surface area (Å²) in [5.41, 5.74) is 3.95. The lowest BCUT2D eigenvalue weighted by Crippen LogP contribution is -2.01. The number of halogens is 2. The van der Waals surface area contributed by atoms with Crippen molar-refractivity contribution in [2.45, 2.75) is 20.4 Å². The van der Waals surface area contributed by atoms with Gasteiger partial charge in [0.25, 0.3) is 0 Å². The first-order valence-electron chi connectivity index (χ1n) is 5.27. The SMILES string of the molecule is Cc1n[nH]c(C)c1NCc1cc(Cl)ccc1Cl. The number of benzene rings is 1. The van der Waals surface area contributed by atoms with Crippen LogP contribution in [0.1, 0.15) is 17.0 Å². The minimum atomic E-state index is 0.626. The molecule has 0 saturated carbocycles. The van der Waals surface area contributed by atoms with Gasteiger partial charge in [-0.3, -0.25) is 5.10 Å². The van der Waals surface area contributed by atoms with Gasteiger partial charge in [-0.15, -0.1) is 0 Å². The highest BCUT2D eigenvalue weighted by molar-refractivity contribution is 6.33. The lowest BCUT2D eigenvalue weighted by atomic mass is 10.2. The summed E-state index contributed by atoms with van der Waals surface area (Å²) >= 11 is 12.0. The standard InChI is InChI=1S/C12H13Cl2N3/c1-7-12(8(2)17-16-7)15-6-9-5-10(13)3-4-11(9)14/h3-5,15H,6H2,1-2H3,(H,16,17). The highest BCUT2D eigenvalue weighted by atomic mass is 35.5. The molecule has 5 heteroatoms. The third-order valence-electron chi connectivity index (χ3n) is 2.59. The molecule has 90 valence electrons. The number of anilines is 1. The maximum atomic E-state index is 6.09. The predicted octanol–water partition coefficient (Wildman–Crippen LogP) is 3.95. The Balaban J connectivity index is 2.15. The van der Waals surface area contributed by atoms with Gasteiger partial charge in [0.05, 0.1) is 17.1 Å². The van der Waals surface area contributed by atoms with Gasteiger partial charge >= 0.3 is 0 Å². The van der Waals surface area contributed by atoms with Crippen LogP contribution in [0.15, 0.2) is 18.2 Å². The van der Waals surface area contributed by atoms with E-state index in [1.165, 1.54) is 0 Å². The van der Waals surface area contributed by atoms with Crippen molar-refractivity contribution >= 4 is 28.9 Å². The fraction of sp³-hybridized carbons (Fsp3) is 0.250. The Labute approximate surface area is 110 Å². The van der Waals surface area contributed by atoms with Crippen LogP contribution in [0.5, 0.6) is 0 Å². The van der Waals surface area contributed by atoms with Gasteiger partial charge < -0.3 is 5.32 Å². The summed E-state index contributed by atoms with van der Waals surface area (Å²) in [6.45, 7) is 4.55. The molecule has 0 atom stereocenters. The molecule has 0 spiro atoms. The number of aryl methyl sites for hydroxylation is 2. The molecular weight excluding hydrogens is 257 g/mol. The van der Waals surface area contributed by atoms with E-state index in [4.69, 9.17) is 23.2 Å². The molecule has 3 nitrogen and oxygen atoms in total. The summed E-state index contributed by atoms with van der Waals surface area (Å²) < 4.78 is 0. The van der Waals surface area contributed by atoms with E-state index in [9.17, 15) is 0 Å². The maximum absolute atomic E-state index is 6.09. The molecule has 0 fully saturated rings. The molecule has 0 saturated heterocycles. The summed E-state index contributed by atoms with van der Waals surface area (Å²) in [5, 5.41) is 11.8. The van der Waals surface area contributed by atoms with Crippen molar-refractivity contribution in [1.29, 1.82) is 0 Å². The van der Waals surface area contributed by atoms with Crippen LogP contribution in [-0.2, 0) is 6.54 Å². The zero-order chi connectivity index (χ0) is 12.4. The molecule has 1 heterocycles. The Morgan fingerprint density at radius 3 is 2.71 bits per heavy atom. The second kappa shape index (κ2) is 4.98. The molecule has 0 aliphatic heterocycles. The van der Waals surface area contributed by atoms with Crippen LogP contribution >= 0.6 is 23.2 Å². The van der Waals surface area contributed by atoms with Crippen LogP contribution in [-0.4, -0.2) is 10.2 Å². The van der Waals surface area contributed by atoms with Crippen LogP contribution in [0, 0.1) is 13.8 Å². The number of hydrogen-bond acceptors (Lipinski definition) is 2. The second-order valence-corrected chi connectivity index (χ2v) is 4.74. The zero-order valence-electron chi connectivity index (χ0n) is 9.64. The van der Waals surface area contributed by atoms with Gasteiger partial charge in [-0.2, -0.15) is 5.10 Å². The van der Waals surface area contributed by atoms with E-state index in [-0.39, 0.29) is 0 Å². The largest absolute Gasteiger partial charge is 0.378 e. The molecule has 2 N–H and O–H groups in total. The molecule has 0 bridgehead atoms. The van der Waals surface area contributed by atoms with Gasteiger partial charge in [0.1, 0.15) is 0 Å². The average molecular weight is 270 g/mol. The highest BCUT2D eigenvalue weighted by Gasteiger charge is 2.07. The van der Waals surface area contributed by atoms with Crippen molar-refractivity contribution in [2.24, 2.45) is 0 Å². The minimum Gasteiger partial charge on any atom is -0.378 e. The third-order valence-corrected chi connectivity index (χ3v) is 3.20. The van der Waals surface area contributed by atoms with Crippen molar-refractivity contribution in [3.63, 3.8) is 0 Å². The van der Waals surface area contributed by atoms with Crippen molar-refractivity contribution < 1.29 is 0 Å². The quantitative estimate of drug-likeness (QED) is 0.886. The third kappa shape index (κ3) is 2.73. The van der Waals surface area contributed by atoms with Gasteiger partial charge in [-0.05, 0) is 37.6 Å². The first-order chi connectivity index (χ1) is 8.08. The fourth-order valence-corrected chi connectivity index (χ4v) is 2.05. The lowest BCUT2D eigenvalue weighted by Gasteiger charge is -2.08. The van der Waals surface area contributed by atoms with Gasteiger partial charge in [-0.1, -0.05) is 23.2 Å². The summed E-state index contributed by atoms with van der Waals surface area (Å²) in [6, 6.07) is 5.44. The second-order valence-electron chi connectivity index (χ2n) is 3.90. The lowest BCUT2D eigenvalue weighted by molar-refractivity contribution is 1.02. The first kappa shape index (κ1) is 12.3. The van der Waals surface area contributed by atoms with Crippen LogP contribution < -0.4 is 5.32 Å². The van der Waals surface area contributed by atoms with Crippen molar-refractivity contribution in [3.05, 3.63) is 45.2 Å². The molecule has 17 heavy (non-hydrogen) atoms. The molecule has 1 aromatic heterocycles. The highest BCUT2D eigenvalue weighted by Crippen LogP contribution is 2.23. The minimum absolute atomic E-state index is 0.626. The number of nitrogens with zero attached hydrogens (tertiary/aromatic N) is 1. The van der Waals surface area contributed by atoms with E-state index in [0.717, 1.165) is 22.6 Å². The summed E-state index contributed by atoms with van der Waals surface area (Å²) in [6.07, 6.45) is 0. The Morgan fingerprint density at radius 2 is 2.06 bits per heavy atom. The average Bonchev–Trinajstić information content (AvgIpc) is 2.61. The molecular formula is C12H13Cl2N3. The van der Waals surface area contributed by atoms with Gasteiger partial charge in [0, 0.05) is 16.6 Å². The van der Waals surface area contributed by atoms with E-state index in [1.54, 1.807) is 12.1 Å². The molecule has 2 aromatic rings. The van der Waals surface area contributed by atoms with Gasteiger partial charge in [-0.25, -0.2) is 0 Å². The van der Waals surface area contributed by atoms with Crippen molar-refractivity contribution in [2.75, 3.05) is 5.32 Å². The maximum Gasteiger partial charge on any atom is 0.0825 e. The summed E-state index contributed by atoms with van der Waals surface area (Å²) in [5.74, 6) is 0. The van der Waals surface area contributed by atoms with Gasteiger partial charge in [0.15, 0.2) is 0 Å². The van der Waals surface area contributed by atoms with E-state index in [2.05, 4.69) is 15.5 Å².